The average Bonchev–Trinajstić information content (AvgIpc) is 2.39. The monoisotopic (exact) mass is 278 g/mol. The molecule has 1 saturated heterocycles. The Balaban J connectivity index is 2.59. The Labute approximate surface area is 117 Å². The van der Waals surface area contributed by atoms with Gasteiger partial charge in [-0.1, -0.05) is 12.1 Å². The second-order valence-electron chi connectivity index (χ2n) is 5.39. The van der Waals surface area contributed by atoms with Crippen molar-refractivity contribution in [2.24, 2.45) is 0 Å². The van der Waals surface area contributed by atoms with Crippen LogP contribution in [0.25, 0.3) is 0 Å². The number of anilines is 1. The highest BCUT2D eigenvalue weighted by Crippen LogP contribution is 2.40. The van der Waals surface area contributed by atoms with Gasteiger partial charge in [-0.3, -0.25) is 10.1 Å². The van der Waals surface area contributed by atoms with Crippen LogP contribution in [0.2, 0.25) is 0 Å². The number of piperidine rings is 1. The summed E-state index contributed by atoms with van der Waals surface area (Å²) in [6.45, 7) is 3.94. The third-order valence-electron chi connectivity index (χ3n) is 4.03. The van der Waals surface area contributed by atoms with Gasteiger partial charge in [0.2, 0.25) is 0 Å². The van der Waals surface area contributed by atoms with Crippen molar-refractivity contribution in [1.82, 2.24) is 0 Å². The molecule has 1 N–H and O–H groups in total. The number of carboxylic acid groups (broad SMARTS) is 1. The minimum Gasteiger partial charge on any atom is -0.480 e. The van der Waals surface area contributed by atoms with Crippen molar-refractivity contribution >= 4 is 17.3 Å². The number of aryl methyl sites for hydroxylation is 1. The lowest BCUT2D eigenvalue weighted by atomic mass is 9.87. The van der Waals surface area contributed by atoms with Crippen LogP contribution in [0.5, 0.6) is 0 Å². The van der Waals surface area contributed by atoms with Gasteiger partial charge in [0.25, 0.3) is 5.69 Å². The van der Waals surface area contributed by atoms with Crippen LogP contribution in [0.1, 0.15) is 31.7 Å². The van der Waals surface area contributed by atoms with Gasteiger partial charge in [-0.2, -0.15) is 0 Å². The first kappa shape index (κ1) is 14.3. The Morgan fingerprint density at radius 1 is 1.45 bits per heavy atom. The first-order valence-electron chi connectivity index (χ1n) is 6.63. The van der Waals surface area contributed by atoms with Crippen LogP contribution in [0.3, 0.4) is 0 Å². The van der Waals surface area contributed by atoms with Crippen molar-refractivity contribution in [1.29, 1.82) is 0 Å². The second kappa shape index (κ2) is 5.11. The van der Waals surface area contributed by atoms with E-state index in [1.54, 1.807) is 30.9 Å². The molecule has 1 aromatic rings. The Morgan fingerprint density at radius 3 is 2.75 bits per heavy atom. The van der Waals surface area contributed by atoms with Gasteiger partial charge in [-0.15, -0.1) is 0 Å². The number of benzene rings is 1. The third-order valence-corrected chi connectivity index (χ3v) is 4.03. The molecule has 1 fully saturated rings. The fraction of sp³-hybridized carbons (Fsp3) is 0.500. The van der Waals surface area contributed by atoms with E-state index in [9.17, 15) is 20.0 Å². The van der Waals surface area contributed by atoms with Crippen molar-refractivity contribution in [2.45, 2.75) is 38.6 Å². The maximum absolute atomic E-state index is 11.6. The predicted molar refractivity (Wildman–Crippen MR) is 75.1 cm³/mol. The van der Waals surface area contributed by atoms with Crippen LogP contribution in [-0.4, -0.2) is 28.1 Å². The van der Waals surface area contributed by atoms with E-state index < -0.39 is 16.4 Å². The summed E-state index contributed by atoms with van der Waals surface area (Å²) in [5.74, 6) is -0.935. The maximum Gasteiger partial charge on any atom is 0.329 e. The normalized spacial score (nSPS) is 22.6. The molecule has 6 heteroatoms. The topological polar surface area (TPSA) is 83.7 Å². The van der Waals surface area contributed by atoms with Crippen molar-refractivity contribution in [3.05, 3.63) is 33.9 Å². The van der Waals surface area contributed by atoms with Gasteiger partial charge < -0.3 is 10.0 Å². The summed E-state index contributed by atoms with van der Waals surface area (Å²) in [4.78, 5) is 24.1. The van der Waals surface area contributed by atoms with E-state index in [-0.39, 0.29) is 5.69 Å². The SMILES string of the molecule is Cc1cccc([N+](=O)[O-])c1N1CCCCC1(C)C(=O)O. The van der Waals surface area contributed by atoms with E-state index in [1.807, 2.05) is 0 Å². The highest BCUT2D eigenvalue weighted by molar-refractivity contribution is 5.85. The summed E-state index contributed by atoms with van der Waals surface area (Å²) in [5.41, 5.74) is 0.0461. The lowest BCUT2D eigenvalue weighted by Crippen LogP contribution is -2.55. The van der Waals surface area contributed by atoms with Crippen molar-refractivity contribution in [3.8, 4) is 0 Å². The molecule has 1 aliphatic rings. The molecule has 108 valence electrons. The van der Waals surface area contributed by atoms with Crippen LogP contribution in [0.15, 0.2) is 18.2 Å². The van der Waals surface area contributed by atoms with Gasteiger partial charge in [-0.25, -0.2) is 4.79 Å². The minimum atomic E-state index is -1.09. The van der Waals surface area contributed by atoms with E-state index in [0.29, 0.717) is 18.7 Å². The summed E-state index contributed by atoms with van der Waals surface area (Å²) in [5, 5.41) is 20.8. The molecule has 0 bridgehead atoms. The number of hydrogen-bond acceptors (Lipinski definition) is 4. The lowest BCUT2D eigenvalue weighted by molar-refractivity contribution is -0.384. The van der Waals surface area contributed by atoms with Crippen molar-refractivity contribution in [2.75, 3.05) is 11.4 Å². The minimum absolute atomic E-state index is 0.0284. The quantitative estimate of drug-likeness (QED) is 0.679. The molecule has 1 aromatic carbocycles. The first-order chi connectivity index (χ1) is 9.38. The number of para-hydroxylation sites is 1. The van der Waals surface area contributed by atoms with E-state index >= 15 is 0 Å². The van der Waals surface area contributed by atoms with Crippen LogP contribution in [0, 0.1) is 17.0 Å². The maximum atomic E-state index is 11.6. The molecule has 1 heterocycles. The van der Waals surface area contributed by atoms with Gasteiger partial charge in [-0.05, 0) is 38.7 Å². The number of rotatable bonds is 3. The standard InChI is InChI=1S/C14H18N2O4/c1-10-6-5-7-11(16(19)20)12(10)15-9-4-3-8-14(15,2)13(17)18/h5-7H,3-4,8-9H2,1-2H3,(H,17,18). The Morgan fingerprint density at radius 2 is 2.15 bits per heavy atom. The van der Waals surface area contributed by atoms with Gasteiger partial charge in [0.05, 0.1) is 4.92 Å². The van der Waals surface area contributed by atoms with E-state index in [2.05, 4.69) is 0 Å². The number of hydrogen-bond donors (Lipinski definition) is 1. The molecule has 1 aliphatic heterocycles. The van der Waals surface area contributed by atoms with Crippen LogP contribution < -0.4 is 4.90 Å². The number of aliphatic carboxylic acids is 1. The fourth-order valence-corrected chi connectivity index (χ4v) is 2.84. The molecule has 0 aliphatic carbocycles. The summed E-state index contributed by atoms with van der Waals surface area (Å²) in [7, 11) is 0. The molecule has 0 radical (unpaired) electrons. The summed E-state index contributed by atoms with van der Waals surface area (Å²) >= 11 is 0. The molecular weight excluding hydrogens is 260 g/mol. The molecule has 0 spiro atoms. The molecule has 0 aromatic heterocycles. The molecule has 1 atom stereocenters. The zero-order valence-electron chi connectivity index (χ0n) is 11.6. The number of carboxylic acids is 1. The zero-order chi connectivity index (χ0) is 14.9. The molecule has 2 rings (SSSR count). The lowest BCUT2D eigenvalue weighted by Gasteiger charge is -2.43. The largest absolute Gasteiger partial charge is 0.480 e. The molecule has 0 saturated carbocycles. The zero-order valence-corrected chi connectivity index (χ0v) is 11.6. The highest BCUT2D eigenvalue weighted by atomic mass is 16.6. The Bertz CT molecular complexity index is 558. The van der Waals surface area contributed by atoms with Gasteiger partial charge in [0.15, 0.2) is 0 Å². The van der Waals surface area contributed by atoms with Crippen LogP contribution in [-0.2, 0) is 4.79 Å². The molecule has 1 unspecified atom stereocenters. The van der Waals surface area contributed by atoms with Crippen LogP contribution >= 0.6 is 0 Å². The predicted octanol–water partition coefficient (Wildman–Crippen LogP) is 2.74. The summed E-state index contributed by atoms with van der Waals surface area (Å²) < 4.78 is 0. The first-order valence-corrected chi connectivity index (χ1v) is 6.63. The number of nitro groups is 1. The average molecular weight is 278 g/mol. The third kappa shape index (κ3) is 2.21. The summed E-state index contributed by atoms with van der Waals surface area (Å²) in [6, 6.07) is 4.83. The van der Waals surface area contributed by atoms with Gasteiger partial charge in [0.1, 0.15) is 11.2 Å². The number of carbonyl (C=O) groups is 1. The Kier molecular flexibility index (Phi) is 3.65. The van der Waals surface area contributed by atoms with Gasteiger partial charge >= 0.3 is 5.97 Å². The number of nitro benzene ring substituents is 1. The second-order valence-corrected chi connectivity index (χ2v) is 5.39. The molecule has 0 amide bonds. The fourth-order valence-electron chi connectivity index (χ4n) is 2.84. The van der Waals surface area contributed by atoms with E-state index in [1.165, 1.54) is 6.07 Å². The number of nitrogens with zero attached hydrogens (tertiary/aromatic N) is 2. The Hall–Kier alpha value is -2.11. The molecular formula is C14H18N2O4. The van der Waals surface area contributed by atoms with E-state index in [0.717, 1.165) is 18.4 Å². The highest BCUT2D eigenvalue weighted by Gasteiger charge is 2.44. The van der Waals surface area contributed by atoms with Crippen molar-refractivity contribution in [3.63, 3.8) is 0 Å². The van der Waals surface area contributed by atoms with E-state index in [4.69, 9.17) is 0 Å². The molecule has 20 heavy (non-hydrogen) atoms. The molecule has 6 nitrogen and oxygen atoms in total. The van der Waals surface area contributed by atoms with Crippen molar-refractivity contribution < 1.29 is 14.8 Å². The summed E-state index contributed by atoms with van der Waals surface area (Å²) in [6.07, 6.45) is 2.15. The van der Waals surface area contributed by atoms with Crippen LogP contribution in [0.4, 0.5) is 11.4 Å². The van der Waals surface area contributed by atoms with Gasteiger partial charge in [0, 0.05) is 12.6 Å². The smallest absolute Gasteiger partial charge is 0.329 e.